The van der Waals surface area contributed by atoms with Gasteiger partial charge in [-0.3, -0.25) is 4.72 Å². The van der Waals surface area contributed by atoms with E-state index in [0.29, 0.717) is 5.69 Å². The number of benzene rings is 4. The first-order chi connectivity index (χ1) is 15.1. The summed E-state index contributed by atoms with van der Waals surface area (Å²) in [6.45, 7) is 0. The monoisotopic (exact) mass is 427 g/mol. The molecule has 0 saturated heterocycles. The van der Waals surface area contributed by atoms with Gasteiger partial charge in [-0.15, -0.1) is 0 Å². The molecule has 5 heteroatoms. The van der Waals surface area contributed by atoms with Gasteiger partial charge in [0.2, 0.25) is 0 Å². The SMILES string of the molecule is O=S(=O)(Nc1cc2c3c(oc2c2ccccc12)CCCC3)c1ccc2ccccc2c1. The van der Waals surface area contributed by atoms with Gasteiger partial charge in [0.05, 0.1) is 10.6 Å². The standard InChI is InChI=1S/C26H21NO3S/c28-31(29,19-14-13-17-7-1-2-8-18(17)15-19)27-24-16-23-21-10-5-6-12-25(21)30-26(23)22-11-4-3-9-20(22)24/h1-4,7-9,11,13-16,27H,5-6,10,12H2. The molecule has 4 aromatic carbocycles. The highest BCUT2D eigenvalue weighted by Crippen LogP contribution is 2.40. The summed E-state index contributed by atoms with van der Waals surface area (Å²) >= 11 is 0. The number of anilines is 1. The van der Waals surface area contributed by atoms with Gasteiger partial charge in [0.1, 0.15) is 11.3 Å². The molecule has 1 aliphatic rings. The summed E-state index contributed by atoms with van der Waals surface area (Å²) in [5.74, 6) is 1.04. The third kappa shape index (κ3) is 3.00. The number of hydrogen-bond acceptors (Lipinski definition) is 3. The van der Waals surface area contributed by atoms with Crippen LogP contribution in [0, 0.1) is 0 Å². The maximum atomic E-state index is 13.3. The van der Waals surface area contributed by atoms with E-state index in [1.165, 1.54) is 5.56 Å². The molecule has 31 heavy (non-hydrogen) atoms. The number of aryl methyl sites for hydroxylation is 2. The molecule has 4 nitrogen and oxygen atoms in total. The van der Waals surface area contributed by atoms with Crippen molar-refractivity contribution >= 4 is 48.2 Å². The molecule has 0 amide bonds. The average Bonchev–Trinajstić information content (AvgIpc) is 3.17. The highest BCUT2D eigenvalue weighted by Gasteiger charge is 2.22. The van der Waals surface area contributed by atoms with Crippen LogP contribution >= 0.6 is 0 Å². The Bertz CT molecular complexity index is 1580. The van der Waals surface area contributed by atoms with E-state index in [1.807, 2.05) is 60.7 Å². The first-order valence-electron chi connectivity index (χ1n) is 10.6. The maximum absolute atomic E-state index is 13.3. The molecule has 154 valence electrons. The molecule has 0 aliphatic heterocycles. The minimum atomic E-state index is -3.75. The fourth-order valence-corrected chi connectivity index (χ4v) is 5.81. The van der Waals surface area contributed by atoms with Crippen LogP contribution in [0.3, 0.4) is 0 Å². The van der Waals surface area contributed by atoms with Gasteiger partial charge in [-0.2, -0.15) is 0 Å². The van der Waals surface area contributed by atoms with Crippen molar-refractivity contribution in [1.29, 1.82) is 0 Å². The fourth-order valence-electron chi connectivity index (χ4n) is 4.70. The van der Waals surface area contributed by atoms with Gasteiger partial charge in [0.15, 0.2) is 0 Å². The van der Waals surface area contributed by atoms with E-state index in [2.05, 4.69) is 4.72 Å². The number of sulfonamides is 1. The van der Waals surface area contributed by atoms with Gasteiger partial charge in [0, 0.05) is 28.1 Å². The highest BCUT2D eigenvalue weighted by atomic mass is 32.2. The van der Waals surface area contributed by atoms with Crippen LogP contribution in [-0.4, -0.2) is 8.42 Å². The van der Waals surface area contributed by atoms with Crippen LogP contribution in [0.5, 0.6) is 0 Å². The summed E-state index contributed by atoms with van der Waals surface area (Å²) in [4.78, 5) is 0.254. The lowest BCUT2D eigenvalue weighted by atomic mass is 9.94. The van der Waals surface area contributed by atoms with E-state index >= 15 is 0 Å². The molecule has 1 aliphatic carbocycles. The Kier molecular flexibility index (Phi) is 4.08. The first-order valence-corrected chi connectivity index (χ1v) is 12.1. The molecule has 0 saturated carbocycles. The van der Waals surface area contributed by atoms with Crippen LogP contribution in [0.2, 0.25) is 0 Å². The van der Waals surface area contributed by atoms with E-state index in [-0.39, 0.29) is 4.90 Å². The number of fused-ring (bicyclic) bond motifs is 6. The van der Waals surface area contributed by atoms with E-state index < -0.39 is 10.0 Å². The van der Waals surface area contributed by atoms with Crippen LogP contribution in [0.25, 0.3) is 32.5 Å². The van der Waals surface area contributed by atoms with Gasteiger partial charge >= 0.3 is 0 Å². The zero-order chi connectivity index (χ0) is 21.0. The minimum absolute atomic E-state index is 0.254. The Labute approximate surface area is 180 Å². The van der Waals surface area contributed by atoms with Crippen LogP contribution in [0.4, 0.5) is 5.69 Å². The normalized spacial score (nSPS) is 14.2. The summed E-state index contributed by atoms with van der Waals surface area (Å²) in [5.41, 5.74) is 2.67. The lowest BCUT2D eigenvalue weighted by Crippen LogP contribution is -2.13. The topological polar surface area (TPSA) is 59.3 Å². The lowest BCUT2D eigenvalue weighted by molar-refractivity contribution is 0.507. The lowest BCUT2D eigenvalue weighted by Gasteiger charge is -2.13. The number of rotatable bonds is 3. The van der Waals surface area contributed by atoms with Crippen molar-refractivity contribution in [3.63, 3.8) is 0 Å². The summed E-state index contributed by atoms with van der Waals surface area (Å²) < 4.78 is 35.7. The largest absolute Gasteiger partial charge is 0.460 e. The highest BCUT2D eigenvalue weighted by molar-refractivity contribution is 7.92. The second kappa shape index (κ2) is 6.86. The predicted octanol–water partition coefficient (Wildman–Crippen LogP) is 6.42. The summed E-state index contributed by atoms with van der Waals surface area (Å²) in [6, 6.07) is 22.8. The van der Waals surface area contributed by atoms with Gasteiger partial charge < -0.3 is 4.42 Å². The Morgan fingerprint density at radius 3 is 2.35 bits per heavy atom. The van der Waals surface area contributed by atoms with E-state index in [1.54, 1.807) is 12.1 Å². The zero-order valence-corrected chi connectivity index (χ0v) is 17.7. The third-order valence-electron chi connectivity index (χ3n) is 6.24. The molecular weight excluding hydrogens is 406 g/mol. The Hall–Kier alpha value is -3.31. The van der Waals surface area contributed by atoms with Crippen molar-refractivity contribution in [3.8, 4) is 0 Å². The van der Waals surface area contributed by atoms with E-state index in [0.717, 1.165) is 64.0 Å². The van der Waals surface area contributed by atoms with Gasteiger partial charge in [-0.25, -0.2) is 8.42 Å². The third-order valence-corrected chi connectivity index (χ3v) is 7.60. The number of hydrogen-bond donors (Lipinski definition) is 1. The molecule has 0 radical (unpaired) electrons. The van der Waals surface area contributed by atoms with Gasteiger partial charge in [-0.05, 0) is 48.2 Å². The Morgan fingerprint density at radius 1 is 0.742 bits per heavy atom. The second-order valence-electron chi connectivity index (χ2n) is 8.17. The molecule has 0 atom stereocenters. The molecular formula is C26H21NO3S. The van der Waals surface area contributed by atoms with E-state index in [9.17, 15) is 8.42 Å². The zero-order valence-electron chi connectivity index (χ0n) is 16.9. The molecule has 6 rings (SSSR count). The van der Waals surface area contributed by atoms with Crippen molar-refractivity contribution < 1.29 is 12.8 Å². The number of nitrogens with one attached hydrogen (secondary N) is 1. The molecule has 1 aromatic heterocycles. The molecule has 0 spiro atoms. The van der Waals surface area contributed by atoms with Crippen molar-refractivity contribution in [2.75, 3.05) is 4.72 Å². The van der Waals surface area contributed by atoms with Crippen LogP contribution < -0.4 is 4.72 Å². The maximum Gasteiger partial charge on any atom is 0.261 e. The van der Waals surface area contributed by atoms with Crippen LogP contribution in [0.15, 0.2) is 82.1 Å². The van der Waals surface area contributed by atoms with E-state index in [4.69, 9.17) is 4.42 Å². The minimum Gasteiger partial charge on any atom is -0.460 e. The van der Waals surface area contributed by atoms with Crippen molar-refractivity contribution in [2.45, 2.75) is 30.6 Å². The number of furan rings is 1. The summed E-state index contributed by atoms with van der Waals surface area (Å²) in [5, 5.41) is 4.70. The second-order valence-corrected chi connectivity index (χ2v) is 9.85. The molecule has 5 aromatic rings. The van der Waals surface area contributed by atoms with Crippen LogP contribution in [-0.2, 0) is 22.9 Å². The van der Waals surface area contributed by atoms with Gasteiger partial charge in [-0.1, -0.05) is 54.6 Å². The molecule has 0 bridgehead atoms. The van der Waals surface area contributed by atoms with Crippen LogP contribution in [0.1, 0.15) is 24.2 Å². The fraction of sp³-hybridized carbons (Fsp3) is 0.154. The first kappa shape index (κ1) is 18.5. The predicted molar refractivity (Wildman–Crippen MR) is 125 cm³/mol. The van der Waals surface area contributed by atoms with Crippen molar-refractivity contribution in [2.24, 2.45) is 0 Å². The average molecular weight is 428 g/mol. The molecule has 1 heterocycles. The summed E-state index contributed by atoms with van der Waals surface area (Å²) in [6.07, 6.45) is 4.17. The Morgan fingerprint density at radius 2 is 1.48 bits per heavy atom. The van der Waals surface area contributed by atoms with Crippen molar-refractivity contribution in [3.05, 3.63) is 84.1 Å². The van der Waals surface area contributed by atoms with Gasteiger partial charge in [0.25, 0.3) is 10.0 Å². The quantitative estimate of drug-likeness (QED) is 0.361. The summed E-state index contributed by atoms with van der Waals surface area (Å²) in [7, 11) is -3.75. The smallest absolute Gasteiger partial charge is 0.261 e. The molecule has 0 fully saturated rings. The van der Waals surface area contributed by atoms with Crippen molar-refractivity contribution in [1.82, 2.24) is 0 Å². The Balaban J connectivity index is 1.52. The molecule has 1 N–H and O–H groups in total. The molecule has 0 unspecified atom stereocenters.